The Morgan fingerprint density at radius 1 is 1.41 bits per heavy atom. The lowest BCUT2D eigenvalue weighted by Gasteiger charge is -2.25. The summed E-state index contributed by atoms with van der Waals surface area (Å²) in [7, 11) is 1.39. The van der Waals surface area contributed by atoms with Crippen molar-refractivity contribution in [2.45, 2.75) is 13.0 Å². The van der Waals surface area contributed by atoms with Crippen LogP contribution in [0.3, 0.4) is 0 Å². The van der Waals surface area contributed by atoms with Gasteiger partial charge in [0.25, 0.3) is 0 Å². The Labute approximate surface area is 131 Å². The highest BCUT2D eigenvalue weighted by molar-refractivity contribution is 6.39. The molecule has 1 heterocycles. The number of hydrogen-bond donors (Lipinski definition) is 3. The number of nitrogens with one attached hydrogen (secondary N) is 2. The minimum Gasteiger partial charge on any atom is -0.464 e. The highest BCUT2D eigenvalue weighted by atomic mass is 35.5. The van der Waals surface area contributed by atoms with Gasteiger partial charge < -0.3 is 15.2 Å². The van der Waals surface area contributed by atoms with Gasteiger partial charge in [-0.2, -0.15) is 0 Å². The Morgan fingerprint density at radius 2 is 2.09 bits per heavy atom. The van der Waals surface area contributed by atoms with E-state index in [0.717, 1.165) is 0 Å². The maximum Gasteiger partial charge on any atom is 0.426 e. The number of carbonyl (C=O) groups is 3. The van der Waals surface area contributed by atoms with Gasteiger partial charge in [0.15, 0.2) is 0 Å². The van der Waals surface area contributed by atoms with Crippen LogP contribution in [0.25, 0.3) is 0 Å². The van der Waals surface area contributed by atoms with Crippen LogP contribution in [-0.2, 0) is 14.3 Å². The summed E-state index contributed by atoms with van der Waals surface area (Å²) in [6, 6.07) is 2.20. The second kappa shape index (κ2) is 8.15. The van der Waals surface area contributed by atoms with E-state index < -0.39 is 23.9 Å². The van der Waals surface area contributed by atoms with Crippen molar-refractivity contribution in [1.29, 1.82) is 0 Å². The summed E-state index contributed by atoms with van der Waals surface area (Å²) in [5, 5.41) is 12.2. The van der Waals surface area contributed by atoms with E-state index in [0.29, 0.717) is 10.0 Å². The fourth-order valence-electron chi connectivity index (χ4n) is 1.45. The Balaban J connectivity index is 2.67. The van der Waals surface area contributed by atoms with Crippen LogP contribution < -0.4 is 10.7 Å². The lowest BCUT2D eigenvalue weighted by atomic mass is 10.3. The molecule has 0 aromatic carbocycles. The average molecular weight is 331 g/mol. The molecule has 1 unspecified atom stereocenters. The molecule has 0 saturated heterocycles. The minimum absolute atomic E-state index is 0.0486. The van der Waals surface area contributed by atoms with Crippen LogP contribution in [0.15, 0.2) is 18.3 Å². The van der Waals surface area contributed by atoms with Gasteiger partial charge in [-0.3, -0.25) is 15.0 Å². The first-order chi connectivity index (χ1) is 10.3. The number of ether oxygens (including phenoxy) is 1. The van der Waals surface area contributed by atoms with Crippen molar-refractivity contribution in [3.05, 3.63) is 23.4 Å². The van der Waals surface area contributed by atoms with Gasteiger partial charge in [0.1, 0.15) is 5.82 Å². The van der Waals surface area contributed by atoms with Crippen molar-refractivity contribution < 1.29 is 24.2 Å². The van der Waals surface area contributed by atoms with E-state index in [1.54, 1.807) is 0 Å². The topological polar surface area (TPSA) is 121 Å². The number of hydrazine groups is 1. The summed E-state index contributed by atoms with van der Waals surface area (Å²) in [4.78, 5) is 38.3. The smallest absolute Gasteiger partial charge is 0.426 e. The van der Waals surface area contributed by atoms with Gasteiger partial charge in [0, 0.05) is 13.3 Å². The van der Waals surface area contributed by atoms with Crippen LogP contribution in [0.1, 0.15) is 6.92 Å². The molecule has 0 aliphatic carbocycles. The molecule has 9 nitrogen and oxygen atoms in total. The van der Waals surface area contributed by atoms with Crippen molar-refractivity contribution in [2.75, 3.05) is 19.0 Å². The van der Waals surface area contributed by atoms with E-state index in [1.807, 2.05) is 5.43 Å². The molecule has 1 rings (SSSR count). The molecular weight excluding hydrogens is 316 g/mol. The van der Waals surface area contributed by atoms with Crippen molar-refractivity contribution in [1.82, 2.24) is 15.4 Å². The number of halogens is 1. The number of aromatic nitrogens is 1. The predicted octanol–water partition coefficient (Wildman–Crippen LogP) is 0.720. The van der Waals surface area contributed by atoms with Gasteiger partial charge in [-0.1, -0.05) is 11.6 Å². The van der Waals surface area contributed by atoms with Gasteiger partial charge in [-0.25, -0.2) is 14.8 Å². The van der Waals surface area contributed by atoms with Crippen LogP contribution >= 0.6 is 11.6 Å². The normalized spacial score (nSPS) is 11.4. The highest BCUT2D eigenvalue weighted by Crippen LogP contribution is 2.09. The molecule has 0 aliphatic rings. The van der Waals surface area contributed by atoms with Gasteiger partial charge >= 0.3 is 17.9 Å². The summed E-state index contributed by atoms with van der Waals surface area (Å²) in [5.74, 6) is -2.11. The SMILES string of the molecule is COCC(C)N(NC(=O)C(=O)Nc1ccc(Cl)cn1)C(=O)O. The van der Waals surface area contributed by atoms with Crippen LogP contribution in [0, 0.1) is 0 Å². The highest BCUT2D eigenvalue weighted by Gasteiger charge is 2.25. The number of hydrogen-bond acceptors (Lipinski definition) is 5. The molecule has 22 heavy (non-hydrogen) atoms. The number of pyridine rings is 1. The molecule has 1 atom stereocenters. The van der Waals surface area contributed by atoms with E-state index in [2.05, 4.69) is 10.3 Å². The van der Waals surface area contributed by atoms with Crippen LogP contribution in [0.2, 0.25) is 5.02 Å². The van der Waals surface area contributed by atoms with Gasteiger partial charge in [-0.05, 0) is 19.1 Å². The zero-order valence-electron chi connectivity index (χ0n) is 11.9. The van der Waals surface area contributed by atoms with Crippen molar-refractivity contribution in [3.8, 4) is 0 Å². The summed E-state index contributed by atoms with van der Waals surface area (Å²) < 4.78 is 4.80. The maximum atomic E-state index is 11.7. The molecule has 0 aliphatic heterocycles. The van der Waals surface area contributed by atoms with Crippen molar-refractivity contribution in [3.63, 3.8) is 0 Å². The zero-order valence-corrected chi connectivity index (χ0v) is 12.6. The number of rotatable bonds is 4. The van der Waals surface area contributed by atoms with Gasteiger partial charge in [-0.15, -0.1) is 0 Å². The molecule has 0 fully saturated rings. The molecule has 1 aromatic rings. The van der Waals surface area contributed by atoms with E-state index in [-0.39, 0.29) is 12.4 Å². The minimum atomic E-state index is -1.42. The number of carboxylic acid groups (broad SMARTS) is 1. The Bertz CT molecular complexity index is 551. The second-order valence-corrected chi connectivity index (χ2v) is 4.65. The standard InChI is InChI=1S/C12H15ClN4O5/c1-7(6-22-2)17(12(20)21)16-11(19)10(18)15-9-4-3-8(13)5-14-9/h3-5,7H,6H2,1-2H3,(H,16,19)(H,20,21)(H,14,15,18). The molecule has 3 amide bonds. The molecule has 0 saturated carbocycles. The van der Waals surface area contributed by atoms with Gasteiger partial charge in [0.2, 0.25) is 0 Å². The third-order valence-electron chi connectivity index (χ3n) is 2.45. The third kappa shape index (κ3) is 5.19. The number of carbonyl (C=O) groups excluding carboxylic acids is 2. The first kappa shape index (κ1) is 17.7. The maximum absolute atomic E-state index is 11.7. The Morgan fingerprint density at radius 3 is 2.59 bits per heavy atom. The average Bonchev–Trinajstić information content (AvgIpc) is 2.46. The monoisotopic (exact) mass is 330 g/mol. The lowest BCUT2D eigenvalue weighted by molar-refractivity contribution is -0.139. The number of amides is 3. The van der Waals surface area contributed by atoms with Crippen LogP contribution in [-0.4, -0.2) is 52.8 Å². The number of nitrogens with zero attached hydrogens (tertiary/aromatic N) is 2. The van der Waals surface area contributed by atoms with E-state index >= 15 is 0 Å². The molecular formula is C12H15ClN4O5. The molecule has 10 heteroatoms. The van der Waals surface area contributed by atoms with E-state index in [4.69, 9.17) is 21.4 Å². The van der Waals surface area contributed by atoms with E-state index in [1.165, 1.54) is 32.4 Å². The summed E-state index contributed by atoms with van der Waals surface area (Å²) >= 11 is 5.64. The fourth-order valence-corrected chi connectivity index (χ4v) is 1.56. The summed E-state index contributed by atoms with van der Waals surface area (Å²) in [5.41, 5.74) is 1.98. The molecule has 0 radical (unpaired) electrons. The second-order valence-electron chi connectivity index (χ2n) is 4.21. The van der Waals surface area contributed by atoms with Crippen molar-refractivity contribution in [2.24, 2.45) is 0 Å². The fraction of sp³-hybridized carbons (Fsp3) is 0.333. The Hall–Kier alpha value is -2.39. The molecule has 3 N–H and O–H groups in total. The Kier molecular flexibility index (Phi) is 6.54. The number of methoxy groups -OCH3 is 1. The van der Waals surface area contributed by atoms with Crippen LogP contribution in [0.4, 0.5) is 10.6 Å². The lowest BCUT2D eigenvalue weighted by Crippen LogP contribution is -2.54. The van der Waals surface area contributed by atoms with Crippen molar-refractivity contribution >= 4 is 35.3 Å². The predicted molar refractivity (Wildman–Crippen MR) is 77.2 cm³/mol. The molecule has 0 bridgehead atoms. The number of anilines is 1. The summed E-state index contributed by atoms with van der Waals surface area (Å²) in [6.45, 7) is 1.56. The zero-order chi connectivity index (χ0) is 16.7. The largest absolute Gasteiger partial charge is 0.464 e. The molecule has 1 aromatic heterocycles. The van der Waals surface area contributed by atoms with E-state index in [9.17, 15) is 14.4 Å². The molecule has 120 valence electrons. The third-order valence-corrected chi connectivity index (χ3v) is 2.68. The van der Waals surface area contributed by atoms with Crippen LogP contribution in [0.5, 0.6) is 0 Å². The molecule has 0 spiro atoms. The first-order valence-corrected chi connectivity index (χ1v) is 6.47. The first-order valence-electron chi connectivity index (χ1n) is 6.09. The quantitative estimate of drug-likeness (QED) is 0.552. The summed E-state index contributed by atoms with van der Waals surface area (Å²) in [6.07, 6.45) is -0.130. The van der Waals surface area contributed by atoms with Gasteiger partial charge in [0.05, 0.1) is 17.7 Å².